The first-order valence-electron chi connectivity index (χ1n) is 4.60. The van der Waals surface area contributed by atoms with Crippen LogP contribution in [0.5, 0.6) is 5.75 Å². The van der Waals surface area contributed by atoms with Gasteiger partial charge in [0.1, 0.15) is 5.75 Å². The van der Waals surface area contributed by atoms with Gasteiger partial charge in [0.15, 0.2) is 0 Å². The molecule has 1 aromatic rings. The lowest BCUT2D eigenvalue weighted by Crippen LogP contribution is -2.33. The number of esters is 1. The molecule has 5 nitrogen and oxygen atoms in total. The second-order valence-corrected chi connectivity index (χ2v) is 3.05. The zero-order chi connectivity index (χ0) is 12.1. The van der Waals surface area contributed by atoms with Crippen LogP contribution >= 0.6 is 0 Å². The van der Waals surface area contributed by atoms with Gasteiger partial charge in [-0.3, -0.25) is 4.79 Å². The first-order valence-corrected chi connectivity index (χ1v) is 4.60. The maximum absolute atomic E-state index is 11.4. The second-order valence-electron chi connectivity index (χ2n) is 3.05. The Morgan fingerprint density at radius 3 is 2.12 bits per heavy atom. The third-order valence-electron chi connectivity index (χ3n) is 2.12. The standard InChI is InChI=1S/C11H13NO4/c1-12(10(13)11(14)16-3)8-4-6-9(15-2)7-5-8/h4-7H,1-3H3. The Bertz CT molecular complexity index is 385. The second kappa shape index (κ2) is 5.16. The molecule has 0 saturated carbocycles. The molecule has 0 fully saturated rings. The molecule has 1 amide bonds. The van der Waals surface area contributed by atoms with E-state index in [1.54, 1.807) is 31.4 Å². The summed E-state index contributed by atoms with van der Waals surface area (Å²) in [5, 5.41) is 0. The lowest BCUT2D eigenvalue weighted by atomic mass is 10.3. The molecule has 0 atom stereocenters. The van der Waals surface area contributed by atoms with Crippen molar-refractivity contribution >= 4 is 17.6 Å². The van der Waals surface area contributed by atoms with Crippen LogP contribution in [0.1, 0.15) is 0 Å². The van der Waals surface area contributed by atoms with E-state index in [4.69, 9.17) is 4.74 Å². The van der Waals surface area contributed by atoms with E-state index in [2.05, 4.69) is 4.74 Å². The molecule has 86 valence electrons. The van der Waals surface area contributed by atoms with Crippen molar-refractivity contribution in [3.63, 3.8) is 0 Å². The Hall–Kier alpha value is -2.04. The van der Waals surface area contributed by atoms with Crippen molar-refractivity contribution in [2.24, 2.45) is 0 Å². The molecule has 0 bridgehead atoms. The van der Waals surface area contributed by atoms with Crippen LogP contribution in [0.25, 0.3) is 0 Å². The number of rotatable bonds is 2. The van der Waals surface area contributed by atoms with E-state index in [1.807, 2.05) is 0 Å². The number of ether oxygens (including phenoxy) is 2. The molecule has 1 rings (SSSR count). The van der Waals surface area contributed by atoms with Crippen molar-refractivity contribution in [2.75, 3.05) is 26.2 Å². The predicted molar refractivity (Wildman–Crippen MR) is 58.4 cm³/mol. The Morgan fingerprint density at radius 1 is 1.12 bits per heavy atom. The summed E-state index contributed by atoms with van der Waals surface area (Å²) in [7, 11) is 4.22. The van der Waals surface area contributed by atoms with Gasteiger partial charge in [-0.25, -0.2) is 4.79 Å². The summed E-state index contributed by atoms with van der Waals surface area (Å²) in [4.78, 5) is 23.7. The first-order chi connectivity index (χ1) is 7.60. The summed E-state index contributed by atoms with van der Waals surface area (Å²) in [5.74, 6) is -0.923. The molecule has 0 radical (unpaired) electrons. The lowest BCUT2D eigenvalue weighted by molar-refractivity contribution is -0.151. The van der Waals surface area contributed by atoms with Gasteiger partial charge in [-0.2, -0.15) is 0 Å². The molecule has 0 aliphatic rings. The monoisotopic (exact) mass is 223 g/mol. The average molecular weight is 223 g/mol. The number of amides is 1. The average Bonchev–Trinajstić information content (AvgIpc) is 2.36. The van der Waals surface area contributed by atoms with Gasteiger partial charge in [0.05, 0.1) is 14.2 Å². The molecule has 16 heavy (non-hydrogen) atoms. The first kappa shape index (κ1) is 12.0. The summed E-state index contributed by atoms with van der Waals surface area (Å²) in [5.41, 5.74) is 0.594. The van der Waals surface area contributed by atoms with E-state index in [9.17, 15) is 9.59 Å². The minimum absolute atomic E-state index is 0.594. The van der Waals surface area contributed by atoms with Gasteiger partial charge in [-0.1, -0.05) is 0 Å². The molecule has 0 heterocycles. The molecule has 1 aromatic carbocycles. The number of carbonyl (C=O) groups is 2. The zero-order valence-electron chi connectivity index (χ0n) is 9.39. The summed E-state index contributed by atoms with van der Waals surface area (Å²) >= 11 is 0. The van der Waals surface area contributed by atoms with E-state index in [0.29, 0.717) is 11.4 Å². The van der Waals surface area contributed by atoms with Gasteiger partial charge in [-0.15, -0.1) is 0 Å². The summed E-state index contributed by atoms with van der Waals surface area (Å²) < 4.78 is 9.33. The molecular weight excluding hydrogens is 210 g/mol. The molecule has 0 spiro atoms. The van der Waals surface area contributed by atoms with E-state index >= 15 is 0 Å². The third-order valence-corrected chi connectivity index (χ3v) is 2.12. The highest BCUT2D eigenvalue weighted by Crippen LogP contribution is 2.18. The summed E-state index contributed by atoms with van der Waals surface area (Å²) in [6, 6.07) is 6.77. The van der Waals surface area contributed by atoms with E-state index in [0.717, 1.165) is 0 Å². The molecular formula is C11H13NO4. The van der Waals surface area contributed by atoms with Crippen molar-refractivity contribution < 1.29 is 19.1 Å². The number of benzene rings is 1. The number of likely N-dealkylation sites (N-methyl/N-ethyl adjacent to an activating group) is 1. The Labute approximate surface area is 93.6 Å². The van der Waals surface area contributed by atoms with E-state index in [-0.39, 0.29) is 0 Å². The van der Waals surface area contributed by atoms with Crippen molar-refractivity contribution in [1.82, 2.24) is 0 Å². The van der Waals surface area contributed by atoms with Crippen molar-refractivity contribution in [2.45, 2.75) is 0 Å². The van der Waals surface area contributed by atoms with Crippen molar-refractivity contribution in [3.8, 4) is 5.75 Å². The largest absolute Gasteiger partial charge is 0.497 e. The SMILES string of the molecule is COC(=O)C(=O)N(C)c1ccc(OC)cc1. The quantitative estimate of drug-likeness (QED) is 0.550. The van der Waals surface area contributed by atoms with Gasteiger partial charge in [-0.05, 0) is 24.3 Å². The zero-order valence-corrected chi connectivity index (χ0v) is 9.39. The number of methoxy groups -OCH3 is 2. The van der Waals surface area contributed by atoms with Crippen LogP contribution in [0.2, 0.25) is 0 Å². The number of nitrogens with zero attached hydrogens (tertiary/aromatic N) is 1. The highest BCUT2D eigenvalue weighted by molar-refractivity contribution is 6.37. The fraction of sp³-hybridized carbons (Fsp3) is 0.273. The van der Waals surface area contributed by atoms with Crippen molar-refractivity contribution in [3.05, 3.63) is 24.3 Å². The molecule has 0 saturated heterocycles. The molecule has 0 aromatic heterocycles. The molecule has 0 aliphatic carbocycles. The van der Waals surface area contributed by atoms with Crippen LogP contribution in [-0.4, -0.2) is 33.1 Å². The Balaban J connectivity index is 2.83. The maximum atomic E-state index is 11.4. The lowest BCUT2D eigenvalue weighted by Gasteiger charge is -2.15. The summed E-state index contributed by atoms with van der Waals surface area (Å²) in [6.07, 6.45) is 0. The number of anilines is 1. The molecule has 0 unspecified atom stereocenters. The van der Waals surface area contributed by atoms with Crippen LogP contribution in [0, 0.1) is 0 Å². The fourth-order valence-corrected chi connectivity index (χ4v) is 1.15. The van der Waals surface area contributed by atoms with Crippen LogP contribution in [0.4, 0.5) is 5.69 Å². The topological polar surface area (TPSA) is 55.8 Å². The Morgan fingerprint density at radius 2 is 1.69 bits per heavy atom. The fourth-order valence-electron chi connectivity index (χ4n) is 1.15. The molecule has 0 N–H and O–H groups in total. The predicted octanol–water partition coefficient (Wildman–Crippen LogP) is 0.831. The van der Waals surface area contributed by atoms with Crippen LogP contribution in [0.15, 0.2) is 24.3 Å². The number of carbonyl (C=O) groups excluding carboxylic acids is 2. The maximum Gasteiger partial charge on any atom is 0.397 e. The van der Waals surface area contributed by atoms with E-state index in [1.165, 1.54) is 19.1 Å². The van der Waals surface area contributed by atoms with Gasteiger partial charge >= 0.3 is 11.9 Å². The minimum Gasteiger partial charge on any atom is -0.497 e. The highest BCUT2D eigenvalue weighted by atomic mass is 16.5. The molecule has 5 heteroatoms. The van der Waals surface area contributed by atoms with Crippen LogP contribution in [0.3, 0.4) is 0 Å². The summed E-state index contributed by atoms with van der Waals surface area (Å²) in [6.45, 7) is 0. The van der Waals surface area contributed by atoms with Gasteiger partial charge in [0.2, 0.25) is 0 Å². The minimum atomic E-state index is -0.890. The normalized spacial score (nSPS) is 9.44. The highest BCUT2D eigenvalue weighted by Gasteiger charge is 2.20. The number of hydrogen-bond donors (Lipinski definition) is 0. The van der Waals surface area contributed by atoms with E-state index < -0.39 is 11.9 Å². The van der Waals surface area contributed by atoms with Gasteiger partial charge in [0.25, 0.3) is 0 Å². The van der Waals surface area contributed by atoms with Crippen LogP contribution in [-0.2, 0) is 14.3 Å². The smallest absolute Gasteiger partial charge is 0.397 e. The number of hydrogen-bond acceptors (Lipinski definition) is 4. The molecule has 0 aliphatic heterocycles. The Kier molecular flexibility index (Phi) is 3.88. The van der Waals surface area contributed by atoms with Crippen molar-refractivity contribution in [1.29, 1.82) is 0 Å². The third kappa shape index (κ3) is 2.50. The van der Waals surface area contributed by atoms with Crippen LogP contribution < -0.4 is 9.64 Å². The van der Waals surface area contributed by atoms with Gasteiger partial charge in [0, 0.05) is 12.7 Å². The van der Waals surface area contributed by atoms with Gasteiger partial charge < -0.3 is 14.4 Å².